The zero-order chi connectivity index (χ0) is 20.4. The van der Waals surface area contributed by atoms with Gasteiger partial charge in [0.15, 0.2) is 0 Å². The molecular formula is C20H21N5O3S. The lowest BCUT2D eigenvalue weighted by Crippen LogP contribution is -2.28. The number of fused-ring (bicyclic) bond motifs is 3. The highest BCUT2D eigenvalue weighted by Gasteiger charge is 2.21. The number of nitrogens with zero attached hydrogens (tertiary/aromatic N) is 1. The highest BCUT2D eigenvalue weighted by molar-refractivity contribution is 7.18. The van der Waals surface area contributed by atoms with Gasteiger partial charge in [0.1, 0.15) is 10.7 Å². The summed E-state index contributed by atoms with van der Waals surface area (Å²) in [5.41, 5.74) is 7.62. The minimum absolute atomic E-state index is 0.107. The summed E-state index contributed by atoms with van der Waals surface area (Å²) in [6, 6.07) is 6.53. The number of hydrogen-bond donors (Lipinski definition) is 4. The van der Waals surface area contributed by atoms with E-state index in [1.54, 1.807) is 35.6 Å². The van der Waals surface area contributed by atoms with Crippen molar-refractivity contribution in [1.82, 2.24) is 15.3 Å². The predicted molar refractivity (Wildman–Crippen MR) is 112 cm³/mol. The summed E-state index contributed by atoms with van der Waals surface area (Å²) in [6.07, 6.45) is 3.63. The Morgan fingerprint density at radius 1 is 1.21 bits per heavy atom. The number of aromatic amines is 1. The standard InChI is InChI=1S/C20H21N5O3S/c21-20(28)22-10-11-4-6-12(7-5-11)23-16(26)9-8-15-24-18(27)17-13-2-1-3-14(13)29-19(17)25-15/h4-7H,1-3,8-10H2,(H,23,26)(H3,21,22,28)(H,24,25,27). The summed E-state index contributed by atoms with van der Waals surface area (Å²) < 4.78 is 0. The van der Waals surface area contributed by atoms with Crippen LogP contribution in [0.2, 0.25) is 0 Å². The molecule has 1 aliphatic carbocycles. The van der Waals surface area contributed by atoms with Crippen LogP contribution in [0.25, 0.3) is 10.2 Å². The van der Waals surface area contributed by atoms with Gasteiger partial charge in [-0.05, 0) is 42.5 Å². The average molecular weight is 411 g/mol. The van der Waals surface area contributed by atoms with E-state index in [1.807, 2.05) is 0 Å². The summed E-state index contributed by atoms with van der Waals surface area (Å²) in [4.78, 5) is 44.9. The molecule has 29 heavy (non-hydrogen) atoms. The predicted octanol–water partition coefficient (Wildman–Crippen LogP) is 2.21. The number of benzene rings is 1. The minimum atomic E-state index is -0.584. The first-order valence-corrected chi connectivity index (χ1v) is 10.3. The highest BCUT2D eigenvalue weighted by atomic mass is 32.1. The van der Waals surface area contributed by atoms with E-state index in [9.17, 15) is 14.4 Å². The molecule has 0 aliphatic heterocycles. The first kappa shape index (κ1) is 19.1. The number of amides is 3. The fourth-order valence-electron chi connectivity index (χ4n) is 3.52. The summed E-state index contributed by atoms with van der Waals surface area (Å²) >= 11 is 1.59. The van der Waals surface area contributed by atoms with Gasteiger partial charge in [-0.25, -0.2) is 9.78 Å². The maximum atomic E-state index is 12.5. The molecule has 1 aromatic carbocycles. The number of carbonyl (C=O) groups excluding carboxylic acids is 2. The van der Waals surface area contributed by atoms with Gasteiger partial charge in [0.2, 0.25) is 5.91 Å². The molecule has 3 amide bonds. The van der Waals surface area contributed by atoms with Crippen LogP contribution in [0.1, 0.15) is 34.7 Å². The molecule has 0 saturated heterocycles. The van der Waals surface area contributed by atoms with Crippen molar-refractivity contribution in [3.8, 4) is 0 Å². The van der Waals surface area contributed by atoms with Crippen LogP contribution in [0.5, 0.6) is 0 Å². The molecule has 0 spiro atoms. The van der Waals surface area contributed by atoms with E-state index < -0.39 is 6.03 Å². The lowest BCUT2D eigenvalue weighted by molar-refractivity contribution is -0.116. The normalized spacial score (nSPS) is 12.7. The largest absolute Gasteiger partial charge is 0.352 e. The fraction of sp³-hybridized carbons (Fsp3) is 0.300. The topological polar surface area (TPSA) is 130 Å². The Hall–Kier alpha value is -3.20. The molecule has 150 valence electrons. The van der Waals surface area contributed by atoms with Crippen molar-refractivity contribution in [3.05, 3.63) is 56.4 Å². The number of hydrogen-bond acceptors (Lipinski definition) is 5. The number of nitrogens with two attached hydrogens (primary N) is 1. The molecular weight excluding hydrogens is 390 g/mol. The third kappa shape index (κ3) is 4.29. The zero-order valence-electron chi connectivity index (χ0n) is 15.7. The molecule has 8 nitrogen and oxygen atoms in total. The van der Waals surface area contributed by atoms with Crippen molar-refractivity contribution in [2.45, 2.75) is 38.6 Å². The monoisotopic (exact) mass is 411 g/mol. The molecule has 3 aromatic rings. The van der Waals surface area contributed by atoms with Crippen molar-refractivity contribution in [2.24, 2.45) is 5.73 Å². The van der Waals surface area contributed by atoms with Gasteiger partial charge >= 0.3 is 6.03 Å². The van der Waals surface area contributed by atoms with E-state index in [4.69, 9.17) is 5.73 Å². The molecule has 0 unspecified atom stereocenters. The number of primary amides is 1. The molecule has 0 atom stereocenters. The van der Waals surface area contributed by atoms with Crippen LogP contribution in [0.15, 0.2) is 29.1 Å². The van der Waals surface area contributed by atoms with Crippen LogP contribution in [0.4, 0.5) is 10.5 Å². The van der Waals surface area contributed by atoms with Crippen LogP contribution >= 0.6 is 11.3 Å². The first-order valence-electron chi connectivity index (χ1n) is 9.45. The van der Waals surface area contributed by atoms with Crippen molar-refractivity contribution in [2.75, 3.05) is 5.32 Å². The van der Waals surface area contributed by atoms with Gasteiger partial charge in [0.25, 0.3) is 5.56 Å². The van der Waals surface area contributed by atoms with Crippen molar-refractivity contribution in [1.29, 1.82) is 0 Å². The molecule has 0 saturated carbocycles. The number of aromatic nitrogens is 2. The summed E-state index contributed by atoms with van der Waals surface area (Å²) in [5.74, 6) is 0.370. The van der Waals surface area contributed by atoms with Crippen molar-refractivity contribution in [3.63, 3.8) is 0 Å². The number of urea groups is 1. The van der Waals surface area contributed by atoms with E-state index >= 15 is 0 Å². The number of thiophene rings is 1. The maximum absolute atomic E-state index is 12.5. The van der Waals surface area contributed by atoms with Gasteiger partial charge in [0.05, 0.1) is 5.39 Å². The lowest BCUT2D eigenvalue weighted by Gasteiger charge is -2.07. The highest BCUT2D eigenvalue weighted by Crippen LogP contribution is 2.34. The second-order valence-electron chi connectivity index (χ2n) is 7.01. The minimum Gasteiger partial charge on any atom is -0.352 e. The zero-order valence-corrected chi connectivity index (χ0v) is 16.5. The molecule has 5 N–H and O–H groups in total. The third-order valence-electron chi connectivity index (χ3n) is 4.92. The van der Waals surface area contributed by atoms with Crippen molar-refractivity contribution >= 4 is 39.2 Å². The first-order chi connectivity index (χ1) is 14.0. The van der Waals surface area contributed by atoms with Gasteiger partial charge in [-0.15, -0.1) is 11.3 Å². The lowest BCUT2D eigenvalue weighted by atomic mass is 10.2. The number of anilines is 1. The smallest absolute Gasteiger partial charge is 0.312 e. The summed E-state index contributed by atoms with van der Waals surface area (Å²) in [7, 11) is 0. The molecule has 9 heteroatoms. The second kappa shape index (κ2) is 8.04. The Labute approximate surface area is 170 Å². The second-order valence-corrected chi connectivity index (χ2v) is 8.10. The van der Waals surface area contributed by atoms with Gasteiger partial charge in [0, 0.05) is 30.0 Å². The van der Waals surface area contributed by atoms with Crippen LogP contribution in [0, 0.1) is 0 Å². The van der Waals surface area contributed by atoms with Gasteiger partial charge in [-0.1, -0.05) is 12.1 Å². The quantitative estimate of drug-likeness (QED) is 0.495. The summed E-state index contributed by atoms with van der Waals surface area (Å²) in [6.45, 7) is 0.331. The Balaban J connectivity index is 1.36. The number of carbonyl (C=O) groups is 2. The van der Waals surface area contributed by atoms with Crippen LogP contribution in [-0.2, 0) is 30.6 Å². The SMILES string of the molecule is NC(=O)NCc1ccc(NC(=O)CCc2nc3sc4c(c3c(=O)[nH]2)CCC4)cc1. The number of nitrogens with one attached hydrogen (secondary N) is 3. The Morgan fingerprint density at radius 2 is 2.00 bits per heavy atom. The van der Waals surface area contributed by atoms with E-state index in [2.05, 4.69) is 20.6 Å². The van der Waals surface area contributed by atoms with Gasteiger partial charge < -0.3 is 21.4 Å². The van der Waals surface area contributed by atoms with Crippen molar-refractivity contribution < 1.29 is 9.59 Å². The summed E-state index contributed by atoms with van der Waals surface area (Å²) in [5, 5.41) is 6.05. The van der Waals surface area contributed by atoms with E-state index in [0.717, 1.165) is 40.6 Å². The Bertz CT molecular complexity index is 1130. The molecule has 0 bridgehead atoms. The Kier molecular flexibility index (Phi) is 5.30. The van der Waals surface area contributed by atoms with Crippen LogP contribution < -0.4 is 21.9 Å². The molecule has 1 aliphatic rings. The van der Waals surface area contributed by atoms with Crippen LogP contribution in [-0.4, -0.2) is 21.9 Å². The van der Waals surface area contributed by atoms with Gasteiger partial charge in [-0.2, -0.15) is 0 Å². The number of aryl methyl sites for hydroxylation is 3. The average Bonchev–Trinajstić information content (AvgIpc) is 3.26. The van der Waals surface area contributed by atoms with E-state index in [1.165, 1.54) is 4.88 Å². The van der Waals surface area contributed by atoms with Crippen LogP contribution in [0.3, 0.4) is 0 Å². The maximum Gasteiger partial charge on any atom is 0.312 e. The molecule has 4 rings (SSSR count). The molecule has 2 aromatic heterocycles. The number of H-pyrrole nitrogens is 1. The molecule has 0 radical (unpaired) electrons. The number of rotatable bonds is 6. The fourth-order valence-corrected chi connectivity index (χ4v) is 4.80. The van der Waals surface area contributed by atoms with E-state index in [0.29, 0.717) is 24.5 Å². The molecule has 0 fully saturated rings. The third-order valence-corrected chi connectivity index (χ3v) is 6.10. The van der Waals surface area contributed by atoms with E-state index in [-0.39, 0.29) is 17.9 Å². The molecule has 2 heterocycles. The van der Waals surface area contributed by atoms with Gasteiger partial charge in [-0.3, -0.25) is 9.59 Å². The Morgan fingerprint density at radius 3 is 2.76 bits per heavy atom.